The van der Waals surface area contributed by atoms with E-state index in [0.29, 0.717) is 18.5 Å². The molecule has 0 bridgehead atoms. The van der Waals surface area contributed by atoms with Crippen LogP contribution in [-0.2, 0) is 16.0 Å². The second-order valence-electron chi connectivity index (χ2n) is 7.13. The first-order chi connectivity index (χ1) is 13.7. The van der Waals surface area contributed by atoms with Crippen LogP contribution in [-0.4, -0.2) is 62.1 Å². The van der Waals surface area contributed by atoms with Crippen LogP contribution in [0.5, 0.6) is 0 Å². The number of rotatable bonds is 5. The van der Waals surface area contributed by atoms with E-state index in [1.807, 2.05) is 42.5 Å². The summed E-state index contributed by atoms with van der Waals surface area (Å²) >= 11 is 0. The van der Waals surface area contributed by atoms with Crippen LogP contribution in [0.4, 0.5) is 5.69 Å². The van der Waals surface area contributed by atoms with Crippen molar-refractivity contribution >= 4 is 17.5 Å². The van der Waals surface area contributed by atoms with Crippen LogP contribution in [0.15, 0.2) is 54.6 Å². The molecule has 1 N–H and O–H groups in total. The summed E-state index contributed by atoms with van der Waals surface area (Å²) in [6.07, 6.45) is 0.540. The summed E-state index contributed by atoms with van der Waals surface area (Å²) in [4.78, 5) is 30.0. The summed E-state index contributed by atoms with van der Waals surface area (Å²) in [7, 11) is 0. The van der Waals surface area contributed by atoms with Gasteiger partial charge in [-0.15, -0.1) is 0 Å². The zero-order valence-electron chi connectivity index (χ0n) is 15.8. The number of nitrogens with one attached hydrogen (secondary N) is 1. The van der Waals surface area contributed by atoms with Crippen LogP contribution in [0.1, 0.15) is 15.9 Å². The molecule has 2 heterocycles. The Morgan fingerprint density at radius 2 is 1.71 bits per heavy atom. The molecule has 6 heteroatoms. The molecule has 0 unspecified atom stereocenters. The van der Waals surface area contributed by atoms with Crippen molar-refractivity contribution < 1.29 is 14.3 Å². The lowest BCUT2D eigenvalue weighted by Crippen LogP contribution is -2.50. The molecule has 0 aromatic heterocycles. The lowest BCUT2D eigenvalue weighted by atomic mass is 10.1. The molecule has 0 saturated carbocycles. The van der Waals surface area contributed by atoms with Crippen molar-refractivity contribution in [1.82, 2.24) is 10.2 Å². The summed E-state index contributed by atoms with van der Waals surface area (Å²) in [5.74, 6) is -0.243. The first-order valence-electron chi connectivity index (χ1n) is 9.78. The highest BCUT2D eigenvalue weighted by Gasteiger charge is 2.38. The van der Waals surface area contributed by atoms with Gasteiger partial charge in [-0.3, -0.25) is 19.4 Å². The number of ether oxygens (including phenoxy) is 1. The minimum absolute atomic E-state index is 0.103. The molecule has 1 atom stereocenters. The number of anilines is 1. The van der Waals surface area contributed by atoms with Crippen LogP contribution in [0.25, 0.3) is 0 Å². The van der Waals surface area contributed by atoms with E-state index in [-0.39, 0.29) is 11.8 Å². The molecule has 4 rings (SSSR count). The Morgan fingerprint density at radius 1 is 1.00 bits per heavy atom. The lowest BCUT2D eigenvalue weighted by molar-refractivity contribution is -0.122. The zero-order chi connectivity index (χ0) is 19.3. The van der Waals surface area contributed by atoms with E-state index in [0.717, 1.165) is 44.1 Å². The van der Waals surface area contributed by atoms with Gasteiger partial charge in [0.1, 0.15) is 6.04 Å². The Balaban J connectivity index is 1.47. The molecular weight excluding hydrogens is 354 g/mol. The molecule has 1 saturated heterocycles. The summed E-state index contributed by atoms with van der Waals surface area (Å²) < 4.78 is 5.35. The number of nitrogens with zero attached hydrogens (tertiary/aromatic N) is 2. The molecule has 0 aliphatic carbocycles. The molecule has 0 radical (unpaired) electrons. The van der Waals surface area contributed by atoms with E-state index in [9.17, 15) is 9.59 Å². The van der Waals surface area contributed by atoms with Gasteiger partial charge in [-0.05, 0) is 23.8 Å². The van der Waals surface area contributed by atoms with Crippen LogP contribution in [0.2, 0.25) is 0 Å². The van der Waals surface area contributed by atoms with Crippen LogP contribution >= 0.6 is 0 Å². The highest BCUT2D eigenvalue weighted by Crippen LogP contribution is 2.33. The zero-order valence-corrected chi connectivity index (χ0v) is 15.8. The van der Waals surface area contributed by atoms with Crippen LogP contribution in [0.3, 0.4) is 0 Å². The molecule has 28 heavy (non-hydrogen) atoms. The molecule has 2 amide bonds. The van der Waals surface area contributed by atoms with E-state index < -0.39 is 6.04 Å². The normalized spacial score (nSPS) is 19.3. The maximum absolute atomic E-state index is 13.2. The number of benzene rings is 2. The maximum atomic E-state index is 13.2. The number of carbonyl (C=O) groups is 2. The molecule has 146 valence electrons. The third-order valence-corrected chi connectivity index (χ3v) is 5.35. The highest BCUT2D eigenvalue weighted by atomic mass is 16.5. The van der Waals surface area contributed by atoms with E-state index in [1.165, 1.54) is 0 Å². The molecule has 2 aromatic rings. The van der Waals surface area contributed by atoms with E-state index in [4.69, 9.17) is 4.74 Å². The smallest absolute Gasteiger partial charge is 0.259 e. The van der Waals surface area contributed by atoms with Crippen LogP contribution < -0.4 is 10.2 Å². The van der Waals surface area contributed by atoms with Gasteiger partial charge >= 0.3 is 0 Å². The topological polar surface area (TPSA) is 61.9 Å². The predicted octanol–water partition coefficient (Wildman–Crippen LogP) is 1.71. The standard InChI is InChI=1S/C22H25N3O3/c26-21(23-10-11-24-12-14-28-15-13-24)20-16-18-8-4-5-9-19(18)25(20)22(27)17-6-2-1-3-7-17/h1-9,20H,10-16H2,(H,23,26)/t20-/m1/s1. The fraction of sp³-hybridized carbons (Fsp3) is 0.364. The molecular formula is C22H25N3O3. The molecule has 0 spiro atoms. The second-order valence-corrected chi connectivity index (χ2v) is 7.13. The van der Waals surface area contributed by atoms with Gasteiger partial charge in [-0.1, -0.05) is 36.4 Å². The number of hydrogen-bond acceptors (Lipinski definition) is 4. The minimum Gasteiger partial charge on any atom is -0.379 e. The summed E-state index contributed by atoms with van der Waals surface area (Å²) in [6, 6.07) is 16.4. The van der Waals surface area contributed by atoms with Crippen molar-refractivity contribution in [2.24, 2.45) is 0 Å². The van der Waals surface area contributed by atoms with E-state index in [2.05, 4.69) is 10.2 Å². The Kier molecular flexibility index (Phi) is 5.69. The van der Waals surface area contributed by atoms with Gasteiger partial charge in [0.05, 0.1) is 13.2 Å². The number of fused-ring (bicyclic) bond motifs is 1. The molecule has 2 aliphatic rings. The summed E-state index contributed by atoms with van der Waals surface area (Å²) in [5, 5.41) is 3.03. The lowest BCUT2D eigenvalue weighted by Gasteiger charge is -2.28. The first-order valence-corrected chi connectivity index (χ1v) is 9.78. The largest absolute Gasteiger partial charge is 0.379 e. The van der Waals surface area contributed by atoms with Crippen molar-refractivity contribution in [2.45, 2.75) is 12.5 Å². The van der Waals surface area contributed by atoms with Gasteiger partial charge in [0.25, 0.3) is 5.91 Å². The third kappa shape index (κ3) is 3.93. The molecule has 2 aliphatic heterocycles. The van der Waals surface area contributed by atoms with Gasteiger partial charge in [-0.2, -0.15) is 0 Å². The predicted molar refractivity (Wildman–Crippen MR) is 107 cm³/mol. The van der Waals surface area contributed by atoms with Crippen molar-refractivity contribution in [3.63, 3.8) is 0 Å². The quantitative estimate of drug-likeness (QED) is 0.859. The third-order valence-electron chi connectivity index (χ3n) is 5.35. The van der Waals surface area contributed by atoms with Crippen molar-refractivity contribution in [3.8, 4) is 0 Å². The van der Waals surface area contributed by atoms with Gasteiger partial charge < -0.3 is 10.1 Å². The van der Waals surface area contributed by atoms with Gasteiger partial charge in [0.2, 0.25) is 5.91 Å². The van der Waals surface area contributed by atoms with Crippen LogP contribution in [0, 0.1) is 0 Å². The second kappa shape index (κ2) is 8.54. The SMILES string of the molecule is O=C(NCCN1CCOCC1)[C@H]1Cc2ccccc2N1C(=O)c1ccccc1. The number of amides is 2. The average Bonchev–Trinajstić information content (AvgIpc) is 3.14. The minimum atomic E-state index is -0.519. The van der Waals surface area contributed by atoms with Crippen molar-refractivity contribution in [1.29, 1.82) is 0 Å². The summed E-state index contributed by atoms with van der Waals surface area (Å²) in [5.41, 5.74) is 2.44. The Bertz CT molecular complexity index is 834. The first kappa shape index (κ1) is 18.7. The number of carbonyl (C=O) groups excluding carboxylic acids is 2. The van der Waals surface area contributed by atoms with Crippen molar-refractivity contribution in [3.05, 3.63) is 65.7 Å². The highest BCUT2D eigenvalue weighted by molar-refractivity contribution is 6.11. The number of morpholine rings is 1. The molecule has 1 fully saturated rings. The molecule has 2 aromatic carbocycles. The van der Waals surface area contributed by atoms with E-state index in [1.54, 1.807) is 17.0 Å². The summed E-state index contributed by atoms with van der Waals surface area (Å²) in [6.45, 7) is 4.63. The van der Waals surface area contributed by atoms with Gasteiger partial charge in [-0.25, -0.2) is 0 Å². The van der Waals surface area contributed by atoms with E-state index >= 15 is 0 Å². The van der Waals surface area contributed by atoms with Gasteiger partial charge in [0.15, 0.2) is 0 Å². The number of para-hydroxylation sites is 1. The Morgan fingerprint density at radius 3 is 2.50 bits per heavy atom. The number of hydrogen-bond donors (Lipinski definition) is 1. The monoisotopic (exact) mass is 379 g/mol. The Labute approximate surface area is 165 Å². The fourth-order valence-corrected chi connectivity index (χ4v) is 3.85. The molecule has 6 nitrogen and oxygen atoms in total. The fourth-order valence-electron chi connectivity index (χ4n) is 3.85. The average molecular weight is 379 g/mol. The maximum Gasteiger partial charge on any atom is 0.259 e. The van der Waals surface area contributed by atoms with Gasteiger partial charge in [0, 0.05) is 43.9 Å². The van der Waals surface area contributed by atoms with Crippen molar-refractivity contribution in [2.75, 3.05) is 44.3 Å². The Hall–Kier alpha value is -2.70.